The smallest absolute Gasteiger partial charge is 0.311 e. The molecule has 0 spiro atoms. The Morgan fingerprint density at radius 2 is 1.88 bits per heavy atom. The molecule has 17 heavy (non-hydrogen) atoms. The number of carbonyl (C=O) groups excluding carboxylic acids is 1. The first-order valence-corrected chi connectivity index (χ1v) is 6.53. The standard InChI is InChI=1S/C12H13Cl3O2/c1-2-3-4-5-10(16)17-9-7-6-8(13)11(14)12(9)15/h6-7H,2-5H2,1H3. The lowest BCUT2D eigenvalue weighted by atomic mass is 10.2. The van der Waals surface area contributed by atoms with Crippen LogP contribution in [0.25, 0.3) is 0 Å². The van der Waals surface area contributed by atoms with E-state index in [1.165, 1.54) is 6.07 Å². The van der Waals surface area contributed by atoms with Gasteiger partial charge >= 0.3 is 5.97 Å². The zero-order valence-corrected chi connectivity index (χ0v) is 11.7. The zero-order chi connectivity index (χ0) is 12.8. The molecule has 0 unspecified atom stereocenters. The van der Waals surface area contributed by atoms with E-state index in [2.05, 4.69) is 6.92 Å². The number of benzene rings is 1. The molecule has 0 saturated heterocycles. The average Bonchev–Trinajstić information content (AvgIpc) is 2.30. The first-order valence-electron chi connectivity index (χ1n) is 5.40. The molecule has 0 N–H and O–H groups in total. The van der Waals surface area contributed by atoms with Crippen LogP contribution in [0, 0.1) is 0 Å². The molecule has 0 aliphatic rings. The van der Waals surface area contributed by atoms with E-state index in [1.54, 1.807) is 6.07 Å². The summed E-state index contributed by atoms with van der Waals surface area (Å²) in [5.74, 6) is -0.0543. The maximum Gasteiger partial charge on any atom is 0.311 e. The monoisotopic (exact) mass is 294 g/mol. The van der Waals surface area contributed by atoms with E-state index >= 15 is 0 Å². The first-order chi connectivity index (χ1) is 8.06. The molecule has 0 aliphatic heterocycles. The van der Waals surface area contributed by atoms with Crippen molar-refractivity contribution in [2.45, 2.75) is 32.6 Å². The van der Waals surface area contributed by atoms with Gasteiger partial charge < -0.3 is 4.74 Å². The third kappa shape index (κ3) is 4.38. The van der Waals surface area contributed by atoms with Gasteiger partial charge in [0, 0.05) is 6.42 Å². The number of hydrogen-bond acceptors (Lipinski definition) is 2. The second-order valence-corrected chi connectivity index (χ2v) is 4.77. The normalized spacial score (nSPS) is 10.4. The Labute approximate surface area is 116 Å². The largest absolute Gasteiger partial charge is 0.425 e. The van der Waals surface area contributed by atoms with Crippen molar-refractivity contribution in [3.63, 3.8) is 0 Å². The van der Waals surface area contributed by atoms with Crippen LogP contribution in [0.15, 0.2) is 12.1 Å². The molecular formula is C12H13Cl3O2. The summed E-state index contributed by atoms with van der Waals surface area (Å²) in [6.45, 7) is 2.07. The van der Waals surface area contributed by atoms with Gasteiger partial charge in [0.2, 0.25) is 0 Å². The van der Waals surface area contributed by atoms with Crippen LogP contribution in [0.4, 0.5) is 0 Å². The van der Waals surface area contributed by atoms with Crippen LogP contribution in [-0.4, -0.2) is 5.97 Å². The molecule has 0 bridgehead atoms. The Bertz CT molecular complexity index is 405. The molecule has 0 atom stereocenters. The van der Waals surface area contributed by atoms with Crippen LogP contribution < -0.4 is 4.74 Å². The predicted octanol–water partition coefficient (Wildman–Crippen LogP) is 5.13. The summed E-state index contributed by atoms with van der Waals surface area (Å²) in [5, 5.41) is 0.706. The van der Waals surface area contributed by atoms with Crippen LogP contribution in [-0.2, 0) is 4.79 Å². The molecule has 1 aromatic rings. The van der Waals surface area contributed by atoms with Crippen molar-refractivity contribution in [2.75, 3.05) is 0 Å². The Morgan fingerprint density at radius 1 is 1.18 bits per heavy atom. The van der Waals surface area contributed by atoms with Gasteiger partial charge in [0.1, 0.15) is 5.02 Å². The number of halogens is 3. The lowest BCUT2D eigenvalue weighted by molar-refractivity contribution is -0.134. The highest BCUT2D eigenvalue weighted by Crippen LogP contribution is 2.37. The fraction of sp³-hybridized carbons (Fsp3) is 0.417. The Kier molecular flexibility index (Phi) is 6.10. The molecule has 1 rings (SSSR count). The molecule has 0 aliphatic carbocycles. The molecule has 0 aromatic heterocycles. The van der Waals surface area contributed by atoms with Crippen molar-refractivity contribution < 1.29 is 9.53 Å². The van der Waals surface area contributed by atoms with Gasteiger partial charge in [-0.15, -0.1) is 0 Å². The van der Waals surface area contributed by atoms with E-state index in [1.807, 2.05) is 0 Å². The maximum absolute atomic E-state index is 11.5. The SMILES string of the molecule is CCCCCC(=O)Oc1ccc(Cl)c(Cl)c1Cl. The molecule has 0 radical (unpaired) electrons. The topological polar surface area (TPSA) is 26.3 Å². The van der Waals surface area contributed by atoms with Gasteiger partial charge in [-0.1, -0.05) is 54.6 Å². The molecule has 0 amide bonds. The van der Waals surface area contributed by atoms with E-state index in [4.69, 9.17) is 39.5 Å². The molecule has 0 fully saturated rings. The van der Waals surface area contributed by atoms with E-state index in [-0.39, 0.29) is 21.8 Å². The van der Waals surface area contributed by atoms with E-state index in [9.17, 15) is 4.79 Å². The maximum atomic E-state index is 11.5. The van der Waals surface area contributed by atoms with Gasteiger partial charge in [-0.2, -0.15) is 0 Å². The molecule has 0 heterocycles. The van der Waals surface area contributed by atoms with Crippen molar-refractivity contribution >= 4 is 40.8 Å². The molecule has 1 aromatic carbocycles. The van der Waals surface area contributed by atoms with Crippen molar-refractivity contribution in [1.82, 2.24) is 0 Å². The third-order valence-corrected chi connectivity index (χ3v) is 3.48. The molecule has 2 nitrogen and oxygen atoms in total. The summed E-state index contributed by atoms with van der Waals surface area (Å²) in [6, 6.07) is 3.08. The Hall–Kier alpha value is -0.440. The summed E-state index contributed by atoms with van der Waals surface area (Å²) < 4.78 is 5.11. The van der Waals surface area contributed by atoms with E-state index in [0.717, 1.165) is 19.3 Å². The molecule has 94 valence electrons. The summed E-state index contributed by atoms with van der Waals surface area (Å²) in [7, 11) is 0. The quantitative estimate of drug-likeness (QED) is 0.326. The fourth-order valence-electron chi connectivity index (χ4n) is 1.28. The van der Waals surface area contributed by atoms with Crippen molar-refractivity contribution in [2.24, 2.45) is 0 Å². The number of unbranched alkanes of at least 4 members (excludes halogenated alkanes) is 2. The van der Waals surface area contributed by atoms with Crippen LogP contribution in [0.3, 0.4) is 0 Å². The summed E-state index contributed by atoms with van der Waals surface area (Å²) in [4.78, 5) is 11.5. The molecule has 0 saturated carbocycles. The summed E-state index contributed by atoms with van der Waals surface area (Å²) in [6.07, 6.45) is 3.25. The lowest BCUT2D eigenvalue weighted by Gasteiger charge is -2.07. The minimum atomic E-state index is -0.307. The fourth-order valence-corrected chi connectivity index (χ4v) is 1.85. The number of ether oxygens (including phenoxy) is 1. The highest BCUT2D eigenvalue weighted by Gasteiger charge is 2.12. The van der Waals surface area contributed by atoms with E-state index < -0.39 is 0 Å². The third-order valence-electron chi connectivity index (χ3n) is 2.21. The highest BCUT2D eigenvalue weighted by atomic mass is 35.5. The van der Waals surface area contributed by atoms with Crippen LogP contribution in [0.5, 0.6) is 5.75 Å². The van der Waals surface area contributed by atoms with Gasteiger partial charge in [-0.3, -0.25) is 4.79 Å². The second-order valence-electron chi connectivity index (χ2n) is 3.60. The summed E-state index contributed by atoms with van der Waals surface area (Å²) >= 11 is 17.5. The first kappa shape index (κ1) is 14.6. The second kappa shape index (κ2) is 7.10. The Balaban J connectivity index is 2.63. The lowest BCUT2D eigenvalue weighted by Crippen LogP contribution is -2.07. The van der Waals surface area contributed by atoms with Crippen LogP contribution >= 0.6 is 34.8 Å². The number of carbonyl (C=O) groups is 1. The van der Waals surface area contributed by atoms with Gasteiger partial charge in [0.15, 0.2) is 5.75 Å². The minimum absolute atomic E-state index is 0.169. The number of esters is 1. The van der Waals surface area contributed by atoms with Gasteiger partial charge in [0.05, 0.1) is 10.0 Å². The zero-order valence-electron chi connectivity index (χ0n) is 9.43. The molecule has 5 heteroatoms. The van der Waals surface area contributed by atoms with Crippen molar-refractivity contribution in [3.8, 4) is 5.75 Å². The number of hydrogen-bond donors (Lipinski definition) is 0. The Morgan fingerprint density at radius 3 is 2.53 bits per heavy atom. The average molecular weight is 296 g/mol. The van der Waals surface area contributed by atoms with Gasteiger partial charge in [-0.05, 0) is 18.6 Å². The molecular weight excluding hydrogens is 282 g/mol. The summed E-state index contributed by atoms with van der Waals surface area (Å²) in [5.41, 5.74) is 0. The minimum Gasteiger partial charge on any atom is -0.425 e. The van der Waals surface area contributed by atoms with Crippen molar-refractivity contribution in [3.05, 3.63) is 27.2 Å². The van der Waals surface area contributed by atoms with Crippen LogP contribution in [0.2, 0.25) is 15.1 Å². The van der Waals surface area contributed by atoms with E-state index in [0.29, 0.717) is 11.4 Å². The predicted molar refractivity (Wildman–Crippen MR) is 71.2 cm³/mol. The van der Waals surface area contributed by atoms with Gasteiger partial charge in [-0.25, -0.2) is 0 Å². The van der Waals surface area contributed by atoms with Crippen LogP contribution in [0.1, 0.15) is 32.6 Å². The highest BCUT2D eigenvalue weighted by molar-refractivity contribution is 6.48. The number of rotatable bonds is 5. The van der Waals surface area contributed by atoms with Crippen molar-refractivity contribution in [1.29, 1.82) is 0 Å². The van der Waals surface area contributed by atoms with Gasteiger partial charge in [0.25, 0.3) is 0 Å².